The summed E-state index contributed by atoms with van der Waals surface area (Å²) in [6.45, 7) is 4.03. The molecule has 0 aliphatic heterocycles. The molecule has 2 N–H and O–H groups in total. The van der Waals surface area contributed by atoms with E-state index in [9.17, 15) is 13.2 Å². The van der Waals surface area contributed by atoms with E-state index in [4.69, 9.17) is 16.7 Å². The molecule has 5 nitrogen and oxygen atoms in total. The van der Waals surface area contributed by atoms with Crippen molar-refractivity contribution in [1.82, 2.24) is 4.72 Å². The molecule has 1 aromatic carbocycles. The van der Waals surface area contributed by atoms with Crippen LogP contribution in [0.25, 0.3) is 0 Å². The van der Waals surface area contributed by atoms with Crippen LogP contribution in [0.15, 0.2) is 21.5 Å². The van der Waals surface area contributed by atoms with Crippen LogP contribution in [0.2, 0.25) is 5.02 Å². The van der Waals surface area contributed by atoms with Crippen molar-refractivity contribution < 1.29 is 18.3 Å². The Balaban J connectivity index is 3.18. The molecule has 0 saturated carbocycles. The van der Waals surface area contributed by atoms with Crippen LogP contribution >= 0.6 is 39.3 Å². The van der Waals surface area contributed by atoms with Gasteiger partial charge in [0.25, 0.3) is 0 Å². The molecule has 0 saturated heterocycles. The van der Waals surface area contributed by atoms with Gasteiger partial charge >= 0.3 is 5.97 Å². The van der Waals surface area contributed by atoms with Crippen molar-refractivity contribution in [3.05, 3.63) is 27.2 Å². The zero-order chi connectivity index (χ0) is 16.4. The second-order valence-corrected chi connectivity index (χ2v) is 9.37. The van der Waals surface area contributed by atoms with Gasteiger partial charge in [0.15, 0.2) is 0 Å². The normalized spacial score (nSPS) is 12.4. The number of carboxylic acid groups (broad SMARTS) is 1. The van der Waals surface area contributed by atoms with Gasteiger partial charge in [0.1, 0.15) is 0 Å². The number of halogens is 2. The van der Waals surface area contributed by atoms with Crippen molar-refractivity contribution in [1.29, 1.82) is 0 Å². The minimum Gasteiger partial charge on any atom is -0.478 e. The lowest BCUT2D eigenvalue weighted by atomic mass is 10.2. The van der Waals surface area contributed by atoms with Crippen LogP contribution < -0.4 is 4.72 Å². The standard InChI is InChI=1S/C12H15BrClNO4S2/c1-12(2,20-3)6-15-21(18,19)7-4-8(11(16)17)10(14)9(13)5-7/h4-5,15H,6H2,1-3H3,(H,16,17). The van der Waals surface area contributed by atoms with Gasteiger partial charge in [-0.2, -0.15) is 11.8 Å². The Kier molecular flexibility index (Phi) is 6.14. The minimum absolute atomic E-state index is 0.0362. The summed E-state index contributed by atoms with van der Waals surface area (Å²) in [5, 5.41) is 9.02. The first-order valence-corrected chi connectivity index (χ1v) is 9.65. The maximum Gasteiger partial charge on any atom is 0.337 e. The number of nitrogens with one attached hydrogen (secondary N) is 1. The summed E-state index contributed by atoms with van der Waals surface area (Å²) >= 11 is 10.4. The summed E-state index contributed by atoms with van der Waals surface area (Å²) in [6.07, 6.45) is 1.88. The van der Waals surface area contributed by atoms with Crippen LogP contribution in [0, 0.1) is 0 Å². The molecule has 0 spiro atoms. The highest BCUT2D eigenvalue weighted by Gasteiger charge is 2.24. The number of hydrogen-bond donors (Lipinski definition) is 2. The molecule has 21 heavy (non-hydrogen) atoms. The third kappa shape index (κ3) is 4.85. The van der Waals surface area contributed by atoms with Gasteiger partial charge in [0.05, 0.1) is 15.5 Å². The zero-order valence-corrected chi connectivity index (χ0v) is 15.6. The molecule has 0 bridgehead atoms. The maximum absolute atomic E-state index is 12.3. The molecule has 0 aliphatic rings. The van der Waals surface area contributed by atoms with Crippen LogP contribution in [0.4, 0.5) is 0 Å². The van der Waals surface area contributed by atoms with Crippen LogP contribution in [-0.2, 0) is 10.0 Å². The van der Waals surface area contributed by atoms with Gasteiger partial charge in [0.2, 0.25) is 10.0 Å². The number of rotatable bonds is 6. The van der Waals surface area contributed by atoms with Gasteiger partial charge in [0, 0.05) is 15.8 Å². The Morgan fingerprint density at radius 3 is 2.52 bits per heavy atom. The highest BCUT2D eigenvalue weighted by atomic mass is 79.9. The Bertz CT molecular complexity index is 661. The second kappa shape index (κ2) is 6.87. The van der Waals surface area contributed by atoms with Gasteiger partial charge in [-0.15, -0.1) is 0 Å². The van der Waals surface area contributed by atoms with Crippen molar-refractivity contribution in [3.8, 4) is 0 Å². The quantitative estimate of drug-likeness (QED) is 0.744. The van der Waals surface area contributed by atoms with E-state index in [2.05, 4.69) is 20.7 Å². The third-order valence-corrected chi connectivity index (χ3v) is 6.67. The van der Waals surface area contributed by atoms with Crippen molar-refractivity contribution in [2.45, 2.75) is 23.5 Å². The Morgan fingerprint density at radius 2 is 2.05 bits per heavy atom. The van der Waals surface area contributed by atoms with Gasteiger partial charge in [-0.3, -0.25) is 0 Å². The lowest BCUT2D eigenvalue weighted by Crippen LogP contribution is -2.36. The molecule has 0 unspecified atom stereocenters. The van der Waals surface area contributed by atoms with Crippen LogP contribution in [0.3, 0.4) is 0 Å². The fraction of sp³-hybridized carbons (Fsp3) is 0.417. The fourth-order valence-electron chi connectivity index (χ4n) is 1.30. The molecular formula is C12H15BrClNO4S2. The van der Waals surface area contributed by atoms with Crippen molar-refractivity contribution >= 4 is 55.3 Å². The highest BCUT2D eigenvalue weighted by molar-refractivity contribution is 9.10. The molecular weight excluding hydrogens is 402 g/mol. The average molecular weight is 417 g/mol. The van der Waals surface area contributed by atoms with Gasteiger partial charge in [-0.25, -0.2) is 17.9 Å². The monoisotopic (exact) mass is 415 g/mol. The maximum atomic E-state index is 12.3. The predicted molar refractivity (Wildman–Crippen MR) is 88.9 cm³/mol. The van der Waals surface area contributed by atoms with E-state index >= 15 is 0 Å². The van der Waals surface area contributed by atoms with Gasteiger partial charge < -0.3 is 5.11 Å². The lowest BCUT2D eigenvalue weighted by Gasteiger charge is -2.22. The number of benzene rings is 1. The molecule has 1 rings (SSSR count). The average Bonchev–Trinajstić information content (AvgIpc) is 2.39. The highest BCUT2D eigenvalue weighted by Crippen LogP contribution is 2.30. The molecule has 0 aliphatic carbocycles. The molecule has 1 aromatic rings. The SMILES string of the molecule is CSC(C)(C)CNS(=O)(=O)c1cc(Br)c(Cl)c(C(=O)O)c1. The molecule has 0 aromatic heterocycles. The smallest absolute Gasteiger partial charge is 0.337 e. The third-order valence-electron chi connectivity index (χ3n) is 2.78. The molecule has 0 heterocycles. The molecule has 0 radical (unpaired) electrons. The molecule has 9 heteroatoms. The summed E-state index contributed by atoms with van der Waals surface area (Å²) < 4.78 is 26.9. The van der Waals surface area contributed by atoms with Gasteiger partial charge in [-0.1, -0.05) is 11.6 Å². The van der Waals surface area contributed by atoms with E-state index in [0.717, 1.165) is 6.07 Å². The number of hydrogen-bond acceptors (Lipinski definition) is 4. The number of carboxylic acids is 1. The van der Waals surface area contributed by atoms with Crippen LogP contribution in [-0.4, -0.2) is 37.0 Å². The Hall–Kier alpha value is -0.280. The van der Waals surface area contributed by atoms with E-state index in [1.165, 1.54) is 17.8 Å². The van der Waals surface area contributed by atoms with Crippen molar-refractivity contribution in [3.63, 3.8) is 0 Å². The lowest BCUT2D eigenvalue weighted by molar-refractivity contribution is 0.0696. The second-order valence-electron chi connectivity index (χ2n) is 4.86. The summed E-state index contributed by atoms with van der Waals surface area (Å²) in [7, 11) is -3.81. The van der Waals surface area contributed by atoms with E-state index in [0.29, 0.717) is 0 Å². The predicted octanol–water partition coefficient (Wildman–Crippen LogP) is 3.22. The van der Waals surface area contributed by atoms with Gasteiger partial charge in [-0.05, 0) is 48.2 Å². The number of sulfonamides is 1. The zero-order valence-electron chi connectivity index (χ0n) is 11.6. The molecule has 0 fully saturated rings. The van der Waals surface area contributed by atoms with E-state index in [-0.39, 0.29) is 31.2 Å². The Morgan fingerprint density at radius 1 is 1.48 bits per heavy atom. The first-order valence-electron chi connectivity index (χ1n) is 5.77. The molecule has 118 valence electrons. The van der Waals surface area contributed by atoms with Crippen molar-refractivity contribution in [2.75, 3.05) is 12.8 Å². The van der Waals surface area contributed by atoms with E-state index in [1.54, 1.807) is 0 Å². The van der Waals surface area contributed by atoms with E-state index < -0.39 is 16.0 Å². The van der Waals surface area contributed by atoms with E-state index in [1.807, 2.05) is 20.1 Å². The fourth-order valence-corrected chi connectivity index (χ4v) is 3.67. The summed E-state index contributed by atoms with van der Waals surface area (Å²) in [6, 6.07) is 2.33. The first-order chi connectivity index (χ1) is 9.50. The summed E-state index contributed by atoms with van der Waals surface area (Å²) in [5.74, 6) is -1.29. The van der Waals surface area contributed by atoms with Crippen molar-refractivity contribution in [2.24, 2.45) is 0 Å². The number of carbonyl (C=O) groups is 1. The van der Waals surface area contributed by atoms with Crippen LogP contribution in [0.5, 0.6) is 0 Å². The topological polar surface area (TPSA) is 83.5 Å². The number of aromatic carboxylic acids is 1. The summed E-state index contributed by atoms with van der Waals surface area (Å²) in [4.78, 5) is 10.9. The minimum atomic E-state index is -3.81. The van der Waals surface area contributed by atoms with Crippen LogP contribution in [0.1, 0.15) is 24.2 Å². The molecule has 0 amide bonds. The summed E-state index contributed by atoms with van der Waals surface area (Å²) in [5.41, 5.74) is -0.268. The number of thioether (sulfide) groups is 1. The largest absolute Gasteiger partial charge is 0.478 e. The molecule has 0 atom stereocenters. The first kappa shape index (κ1) is 18.8. The Labute approximate surface area is 141 Å².